The molecule has 2 rings (SSSR count). The molecule has 6 heteroatoms. The minimum Gasteiger partial charge on any atom is -0.439 e. The molecule has 0 saturated heterocycles. The highest BCUT2D eigenvalue weighted by Gasteiger charge is 2.08. The smallest absolute Gasteiger partial charge is 0.262 e. The fourth-order valence-corrected chi connectivity index (χ4v) is 2.14. The van der Waals surface area contributed by atoms with E-state index in [0.717, 1.165) is 29.4 Å². The Morgan fingerprint density at radius 1 is 1.35 bits per heavy atom. The zero-order valence-electron chi connectivity index (χ0n) is 9.80. The van der Waals surface area contributed by atoms with Crippen molar-refractivity contribution in [2.24, 2.45) is 0 Å². The summed E-state index contributed by atoms with van der Waals surface area (Å²) in [6.45, 7) is 3.96. The first kappa shape index (κ1) is 11.9. The number of anilines is 1. The van der Waals surface area contributed by atoms with E-state index in [1.807, 2.05) is 6.92 Å². The van der Waals surface area contributed by atoms with Crippen LogP contribution in [0, 0.1) is 6.92 Å². The number of hydrogen-bond acceptors (Lipinski definition) is 6. The number of rotatable bonds is 4. The van der Waals surface area contributed by atoms with E-state index in [1.54, 1.807) is 12.3 Å². The Kier molecular flexibility index (Phi) is 3.63. The summed E-state index contributed by atoms with van der Waals surface area (Å²) in [6, 6.07) is 1.73. The lowest BCUT2D eigenvalue weighted by Gasteiger charge is -2.02. The quantitative estimate of drug-likeness (QED) is 0.840. The van der Waals surface area contributed by atoms with Crippen LogP contribution in [0.25, 0.3) is 0 Å². The van der Waals surface area contributed by atoms with Crippen molar-refractivity contribution in [3.05, 3.63) is 23.8 Å². The van der Waals surface area contributed by atoms with Gasteiger partial charge in [0.05, 0.1) is 5.69 Å². The molecule has 5 nitrogen and oxygen atoms in total. The van der Waals surface area contributed by atoms with Crippen LogP contribution in [0.2, 0.25) is 0 Å². The molecule has 0 atom stereocenters. The number of nitrogen functional groups attached to an aromatic ring is 1. The van der Waals surface area contributed by atoms with E-state index in [9.17, 15) is 0 Å². The fraction of sp³-hybridized carbons (Fsp3) is 0.364. The third-order valence-corrected chi connectivity index (χ3v) is 2.81. The summed E-state index contributed by atoms with van der Waals surface area (Å²) in [5.41, 5.74) is 6.58. The first-order valence-electron chi connectivity index (χ1n) is 5.41. The molecule has 0 fully saturated rings. The molecule has 0 unspecified atom stereocenters. The van der Waals surface area contributed by atoms with Crippen LogP contribution < -0.4 is 5.73 Å². The summed E-state index contributed by atoms with van der Waals surface area (Å²) in [4.78, 5) is 12.8. The van der Waals surface area contributed by atoms with Gasteiger partial charge < -0.3 is 10.2 Å². The van der Waals surface area contributed by atoms with Gasteiger partial charge in [-0.15, -0.1) is 0 Å². The molecule has 0 aliphatic heterocycles. The number of aryl methyl sites for hydroxylation is 2. The van der Waals surface area contributed by atoms with Crippen LogP contribution in [-0.2, 0) is 6.42 Å². The molecule has 2 aromatic rings. The second-order valence-electron chi connectivity index (χ2n) is 3.65. The number of nitrogens with zero attached hydrogens (tertiary/aromatic N) is 3. The van der Waals surface area contributed by atoms with Gasteiger partial charge in [-0.1, -0.05) is 6.92 Å². The van der Waals surface area contributed by atoms with Gasteiger partial charge in [0.25, 0.3) is 5.22 Å². The van der Waals surface area contributed by atoms with Gasteiger partial charge in [0.2, 0.25) is 0 Å². The van der Waals surface area contributed by atoms with E-state index >= 15 is 0 Å². The van der Waals surface area contributed by atoms with Gasteiger partial charge in [-0.2, -0.15) is 0 Å². The Hall–Kier alpha value is -1.56. The van der Waals surface area contributed by atoms with Crippen LogP contribution in [0.15, 0.2) is 27.0 Å². The topological polar surface area (TPSA) is 77.8 Å². The minimum atomic E-state index is 0.481. The molecule has 17 heavy (non-hydrogen) atoms. The molecule has 0 spiro atoms. The van der Waals surface area contributed by atoms with Crippen molar-refractivity contribution in [1.29, 1.82) is 0 Å². The zero-order valence-corrected chi connectivity index (χ0v) is 10.6. The third-order valence-electron chi connectivity index (χ3n) is 2.03. The molecule has 0 saturated carbocycles. The molecule has 0 aliphatic rings. The van der Waals surface area contributed by atoms with E-state index in [1.165, 1.54) is 11.8 Å². The lowest BCUT2D eigenvalue weighted by atomic mass is 10.3. The van der Waals surface area contributed by atoms with Crippen LogP contribution in [-0.4, -0.2) is 15.0 Å². The zero-order chi connectivity index (χ0) is 12.3. The fourth-order valence-electron chi connectivity index (χ4n) is 1.35. The molecule has 0 aromatic carbocycles. The maximum Gasteiger partial charge on any atom is 0.262 e. The summed E-state index contributed by atoms with van der Waals surface area (Å²) in [7, 11) is 0. The van der Waals surface area contributed by atoms with Crippen molar-refractivity contribution in [2.75, 3.05) is 5.73 Å². The maximum atomic E-state index is 5.73. The van der Waals surface area contributed by atoms with Crippen molar-refractivity contribution in [2.45, 2.75) is 36.9 Å². The average Bonchev–Trinajstić information content (AvgIpc) is 2.63. The molecular weight excluding hydrogens is 236 g/mol. The lowest BCUT2D eigenvalue weighted by Crippen LogP contribution is -2.00. The van der Waals surface area contributed by atoms with Crippen LogP contribution in [0.5, 0.6) is 0 Å². The SMILES string of the molecule is CCCc1nc(N)cc(Sc2nc(C)co2)n1. The summed E-state index contributed by atoms with van der Waals surface area (Å²) in [5.74, 6) is 1.24. The summed E-state index contributed by atoms with van der Waals surface area (Å²) in [5, 5.41) is 1.34. The first-order valence-corrected chi connectivity index (χ1v) is 6.22. The monoisotopic (exact) mass is 250 g/mol. The van der Waals surface area contributed by atoms with Crippen molar-refractivity contribution < 1.29 is 4.42 Å². The first-order chi connectivity index (χ1) is 8.17. The van der Waals surface area contributed by atoms with Crippen molar-refractivity contribution in [3.8, 4) is 0 Å². The Labute approximate surface area is 104 Å². The second-order valence-corrected chi connectivity index (χ2v) is 4.63. The van der Waals surface area contributed by atoms with Crippen LogP contribution in [0.3, 0.4) is 0 Å². The predicted molar refractivity (Wildman–Crippen MR) is 65.8 cm³/mol. The predicted octanol–water partition coefficient (Wildman–Crippen LogP) is 2.46. The van der Waals surface area contributed by atoms with Gasteiger partial charge in [-0.05, 0) is 25.1 Å². The van der Waals surface area contributed by atoms with E-state index in [4.69, 9.17) is 10.2 Å². The molecule has 0 radical (unpaired) electrons. The molecular formula is C11H14N4OS. The van der Waals surface area contributed by atoms with E-state index in [0.29, 0.717) is 11.0 Å². The third kappa shape index (κ3) is 3.20. The molecule has 2 N–H and O–H groups in total. The summed E-state index contributed by atoms with van der Waals surface area (Å²) >= 11 is 1.35. The van der Waals surface area contributed by atoms with Crippen molar-refractivity contribution in [1.82, 2.24) is 15.0 Å². The number of aromatic nitrogens is 3. The molecule has 90 valence electrons. The Morgan fingerprint density at radius 2 is 2.18 bits per heavy atom. The number of nitrogens with two attached hydrogens (primary N) is 1. The molecule has 2 aromatic heterocycles. The standard InChI is InChI=1S/C11H14N4OS/c1-3-4-9-14-8(12)5-10(15-9)17-11-13-7(2)6-16-11/h5-6H,3-4H2,1-2H3,(H2,12,14,15). The number of hydrogen-bond donors (Lipinski definition) is 1. The largest absolute Gasteiger partial charge is 0.439 e. The van der Waals surface area contributed by atoms with Crippen LogP contribution in [0.1, 0.15) is 24.9 Å². The maximum absolute atomic E-state index is 5.73. The highest BCUT2D eigenvalue weighted by Crippen LogP contribution is 2.26. The highest BCUT2D eigenvalue weighted by atomic mass is 32.2. The van der Waals surface area contributed by atoms with Gasteiger partial charge in [0.15, 0.2) is 0 Å². The van der Waals surface area contributed by atoms with E-state index in [-0.39, 0.29) is 0 Å². The summed E-state index contributed by atoms with van der Waals surface area (Å²) in [6.07, 6.45) is 3.43. The minimum absolute atomic E-state index is 0.481. The van der Waals surface area contributed by atoms with E-state index in [2.05, 4.69) is 21.9 Å². The van der Waals surface area contributed by atoms with Crippen LogP contribution in [0.4, 0.5) is 5.82 Å². The van der Waals surface area contributed by atoms with Gasteiger partial charge >= 0.3 is 0 Å². The van der Waals surface area contributed by atoms with Gasteiger partial charge in [0.1, 0.15) is 22.9 Å². The Balaban J connectivity index is 2.20. The molecule has 2 heterocycles. The van der Waals surface area contributed by atoms with Gasteiger partial charge in [0, 0.05) is 12.5 Å². The van der Waals surface area contributed by atoms with Crippen molar-refractivity contribution >= 4 is 17.6 Å². The van der Waals surface area contributed by atoms with E-state index < -0.39 is 0 Å². The lowest BCUT2D eigenvalue weighted by molar-refractivity contribution is 0.453. The molecule has 0 amide bonds. The molecule has 0 bridgehead atoms. The average molecular weight is 250 g/mol. The second kappa shape index (κ2) is 5.18. The van der Waals surface area contributed by atoms with Crippen LogP contribution >= 0.6 is 11.8 Å². The Morgan fingerprint density at radius 3 is 2.82 bits per heavy atom. The summed E-state index contributed by atoms with van der Waals surface area (Å²) < 4.78 is 5.26. The normalized spacial score (nSPS) is 10.7. The number of oxazole rings is 1. The molecule has 0 aliphatic carbocycles. The van der Waals surface area contributed by atoms with Crippen molar-refractivity contribution in [3.63, 3.8) is 0 Å². The Bertz CT molecular complexity index is 512. The van der Waals surface area contributed by atoms with Gasteiger partial charge in [-0.25, -0.2) is 15.0 Å². The van der Waals surface area contributed by atoms with Gasteiger partial charge in [-0.3, -0.25) is 0 Å². The highest BCUT2D eigenvalue weighted by molar-refractivity contribution is 7.99.